The molecule has 1 aliphatic carbocycles. The number of nitrogens with zero attached hydrogens (tertiary/aromatic N) is 1. The van der Waals surface area contributed by atoms with Crippen LogP contribution in [0.25, 0.3) is 0 Å². The number of piperidine rings is 1. The fourth-order valence-corrected chi connectivity index (χ4v) is 4.93. The van der Waals surface area contributed by atoms with E-state index >= 15 is 0 Å². The van der Waals surface area contributed by atoms with E-state index in [9.17, 15) is 4.79 Å². The summed E-state index contributed by atoms with van der Waals surface area (Å²) in [7, 11) is 0. The molecule has 2 amide bonds. The number of urea groups is 1. The Bertz CT molecular complexity index is 522. The van der Waals surface area contributed by atoms with E-state index in [0.717, 1.165) is 42.6 Å². The molecule has 1 aromatic rings. The highest BCUT2D eigenvalue weighted by Gasteiger charge is 2.24. The Labute approximate surface area is 153 Å². The van der Waals surface area contributed by atoms with Gasteiger partial charge in [-0.05, 0) is 50.2 Å². The van der Waals surface area contributed by atoms with E-state index in [1.54, 1.807) is 11.3 Å². The Morgan fingerprint density at radius 3 is 2.62 bits per heavy atom. The molecule has 0 aromatic carbocycles. The fourth-order valence-electron chi connectivity index (χ4n) is 3.84. The Morgan fingerprint density at radius 1 is 1.21 bits per heavy atom. The number of halogens is 1. The molecule has 24 heavy (non-hydrogen) atoms. The van der Waals surface area contributed by atoms with Crippen molar-refractivity contribution in [3.05, 3.63) is 21.3 Å². The van der Waals surface area contributed by atoms with E-state index in [1.165, 1.54) is 37.1 Å². The van der Waals surface area contributed by atoms with Crippen LogP contribution in [-0.2, 0) is 6.42 Å². The van der Waals surface area contributed by atoms with Gasteiger partial charge in [0.05, 0.1) is 4.34 Å². The second-order valence-corrected chi connectivity index (χ2v) is 8.88. The topological polar surface area (TPSA) is 44.4 Å². The summed E-state index contributed by atoms with van der Waals surface area (Å²) in [6.45, 7) is 4.16. The molecule has 2 N–H and O–H groups in total. The van der Waals surface area contributed by atoms with E-state index in [2.05, 4.69) is 15.5 Å². The number of likely N-dealkylation sites (tertiary alicyclic amines) is 1. The van der Waals surface area contributed by atoms with E-state index in [4.69, 9.17) is 11.6 Å². The second kappa shape index (κ2) is 9.07. The van der Waals surface area contributed by atoms with Crippen LogP contribution < -0.4 is 10.6 Å². The van der Waals surface area contributed by atoms with Crippen LogP contribution in [0.4, 0.5) is 4.79 Å². The number of hydrogen-bond acceptors (Lipinski definition) is 3. The van der Waals surface area contributed by atoms with Crippen LogP contribution in [0.5, 0.6) is 0 Å². The molecule has 1 saturated heterocycles. The summed E-state index contributed by atoms with van der Waals surface area (Å²) in [6, 6.07) is 4.21. The number of carbonyl (C=O) groups is 1. The summed E-state index contributed by atoms with van der Waals surface area (Å²) in [5.41, 5.74) is 0. The third-order valence-corrected chi connectivity index (χ3v) is 6.49. The molecular weight excluding hydrogens is 342 g/mol. The average Bonchev–Trinajstić information content (AvgIpc) is 3.21. The SMILES string of the molecule is O=C(NCCc1ccc(Cl)s1)NC1CCN(CC2CCCC2)CC1. The third kappa shape index (κ3) is 5.64. The third-order valence-electron chi connectivity index (χ3n) is 5.20. The molecule has 134 valence electrons. The van der Waals surface area contributed by atoms with Crippen molar-refractivity contribution >= 4 is 29.0 Å². The van der Waals surface area contributed by atoms with Gasteiger partial charge in [0.25, 0.3) is 0 Å². The van der Waals surface area contributed by atoms with Crippen LogP contribution >= 0.6 is 22.9 Å². The van der Waals surface area contributed by atoms with Crippen LogP contribution in [-0.4, -0.2) is 43.2 Å². The van der Waals surface area contributed by atoms with Crippen molar-refractivity contribution < 1.29 is 4.79 Å². The van der Waals surface area contributed by atoms with Crippen LogP contribution in [0.2, 0.25) is 4.34 Å². The first-order valence-electron chi connectivity index (χ1n) is 9.20. The number of hydrogen-bond donors (Lipinski definition) is 2. The Hall–Kier alpha value is -0.780. The van der Waals surface area contributed by atoms with Crippen molar-refractivity contribution in [3.63, 3.8) is 0 Å². The maximum absolute atomic E-state index is 12.0. The van der Waals surface area contributed by atoms with Gasteiger partial charge in [-0.3, -0.25) is 0 Å². The van der Waals surface area contributed by atoms with Crippen LogP contribution in [0, 0.1) is 5.92 Å². The lowest BCUT2D eigenvalue weighted by atomic mass is 10.0. The summed E-state index contributed by atoms with van der Waals surface area (Å²) < 4.78 is 0.804. The van der Waals surface area contributed by atoms with Crippen molar-refractivity contribution in [2.24, 2.45) is 5.92 Å². The summed E-state index contributed by atoms with van der Waals surface area (Å²) in [5, 5.41) is 6.08. The van der Waals surface area contributed by atoms with Gasteiger partial charge < -0.3 is 15.5 Å². The molecule has 6 heteroatoms. The number of thiophene rings is 1. The Morgan fingerprint density at radius 2 is 1.96 bits per heavy atom. The van der Waals surface area contributed by atoms with Gasteiger partial charge in [0, 0.05) is 37.1 Å². The second-order valence-electron chi connectivity index (χ2n) is 7.08. The quantitative estimate of drug-likeness (QED) is 0.798. The van der Waals surface area contributed by atoms with Crippen LogP contribution in [0.15, 0.2) is 12.1 Å². The van der Waals surface area contributed by atoms with Gasteiger partial charge >= 0.3 is 6.03 Å². The van der Waals surface area contributed by atoms with E-state index in [1.807, 2.05) is 12.1 Å². The lowest BCUT2D eigenvalue weighted by molar-refractivity contribution is 0.171. The highest BCUT2D eigenvalue weighted by Crippen LogP contribution is 2.26. The first kappa shape index (κ1) is 18.0. The zero-order valence-electron chi connectivity index (χ0n) is 14.2. The molecule has 0 atom stereocenters. The van der Waals surface area contributed by atoms with Gasteiger partial charge in [-0.15, -0.1) is 11.3 Å². The van der Waals surface area contributed by atoms with E-state index in [0.29, 0.717) is 12.6 Å². The largest absolute Gasteiger partial charge is 0.338 e. The van der Waals surface area contributed by atoms with Crippen molar-refractivity contribution in [2.45, 2.75) is 51.0 Å². The fraction of sp³-hybridized carbons (Fsp3) is 0.722. The maximum atomic E-state index is 12.0. The average molecular weight is 370 g/mol. The van der Waals surface area contributed by atoms with E-state index < -0.39 is 0 Å². The molecular formula is C18H28ClN3OS. The minimum atomic E-state index is -0.0353. The van der Waals surface area contributed by atoms with Gasteiger partial charge in [0.15, 0.2) is 0 Å². The molecule has 2 aliphatic rings. The molecule has 1 aliphatic heterocycles. The molecule has 3 rings (SSSR count). The van der Waals surface area contributed by atoms with Crippen molar-refractivity contribution in [3.8, 4) is 0 Å². The Balaban J connectivity index is 1.28. The summed E-state index contributed by atoms with van der Waals surface area (Å²) in [5.74, 6) is 0.920. The molecule has 2 heterocycles. The molecule has 0 spiro atoms. The van der Waals surface area contributed by atoms with Gasteiger partial charge in [-0.2, -0.15) is 0 Å². The minimum absolute atomic E-state index is 0.0353. The minimum Gasteiger partial charge on any atom is -0.338 e. The smallest absolute Gasteiger partial charge is 0.315 e. The lowest BCUT2D eigenvalue weighted by Crippen LogP contribution is -2.48. The predicted octanol–water partition coefficient (Wildman–Crippen LogP) is 3.90. The van der Waals surface area contributed by atoms with Crippen molar-refractivity contribution in [1.82, 2.24) is 15.5 Å². The molecule has 0 unspecified atom stereocenters. The van der Waals surface area contributed by atoms with Crippen LogP contribution in [0.3, 0.4) is 0 Å². The van der Waals surface area contributed by atoms with Gasteiger partial charge in [0.1, 0.15) is 0 Å². The lowest BCUT2D eigenvalue weighted by Gasteiger charge is -2.33. The number of carbonyl (C=O) groups excluding carboxylic acids is 1. The zero-order valence-corrected chi connectivity index (χ0v) is 15.8. The van der Waals surface area contributed by atoms with Crippen molar-refractivity contribution in [2.75, 3.05) is 26.2 Å². The molecule has 1 aromatic heterocycles. The molecule has 1 saturated carbocycles. The molecule has 4 nitrogen and oxygen atoms in total. The monoisotopic (exact) mass is 369 g/mol. The predicted molar refractivity (Wildman–Crippen MR) is 101 cm³/mol. The van der Waals surface area contributed by atoms with Gasteiger partial charge in [0.2, 0.25) is 0 Å². The molecule has 0 bridgehead atoms. The number of amides is 2. The number of nitrogens with one attached hydrogen (secondary N) is 2. The molecule has 2 fully saturated rings. The standard InChI is InChI=1S/C18H28ClN3OS/c19-17-6-5-16(24-17)7-10-20-18(23)21-15-8-11-22(12-9-15)13-14-3-1-2-4-14/h5-6,14-15H,1-4,7-13H2,(H2,20,21,23). The van der Waals surface area contributed by atoms with E-state index in [-0.39, 0.29) is 6.03 Å². The first-order chi connectivity index (χ1) is 11.7. The molecule has 0 radical (unpaired) electrons. The number of rotatable bonds is 6. The highest BCUT2D eigenvalue weighted by molar-refractivity contribution is 7.16. The maximum Gasteiger partial charge on any atom is 0.315 e. The summed E-state index contributed by atoms with van der Waals surface area (Å²) in [6.07, 6.45) is 8.64. The highest BCUT2D eigenvalue weighted by atomic mass is 35.5. The van der Waals surface area contributed by atoms with Gasteiger partial charge in [-0.1, -0.05) is 24.4 Å². The summed E-state index contributed by atoms with van der Waals surface area (Å²) >= 11 is 7.49. The normalized spacial score (nSPS) is 20.4. The van der Waals surface area contributed by atoms with Gasteiger partial charge in [-0.25, -0.2) is 4.79 Å². The zero-order chi connectivity index (χ0) is 16.8. The Kier molecular flexibility index (Phi) is 6.81. The first-order valence-corrected chi connectivity index (χ1v) is 10.4. The van der Waals surface area contributed by atoms with Crippen LogP contribution in [0.1, 0.15) is 43.4 Å². The summed E-state index contributed by atoms with van der Waals surface area (Å²) in [4.78, 5) is 15.8. The van der Waals surface area contributed by atoms with Crippen molar-refractivity contribution in [1.29, 1.82) is 0 Å².